The third-order valence-corrected chi connectivity index (χ3v) is 4.31. The minimum Gasteiger partial charge on any atom is -0.484 e. The molecule has 1 unspecified atom stereocenters. The molecule has 22 heavy (non-hydrogen) atoms. The molecule has 122 valence electrons. The largest absolute Gasteiger partial charge is 0.484 e. The highest BCUT2D eigenvalue weighted by atomic mass is 35.5. The van der Waals surface area contributed by atoms with Gasteiger partial charge in [-0.1, -0.05) is 17.7 Å². The molecule has 1 N–H and O–H groups in total. The highest BCUT2D eigenvalue weighted by Crippen LogP contribution is 2.17. The van der Waals surface area contributed by atoms with E-state index < -0.39 is 10.0 Å². The van der Waals surface area contributed by atoms with Crippen LogP contribution in [0.1, 0.15) is 12.8 Å². The van der Waals surface area contributed by atoms with Gasteiger partial charge in [0.2, 0.25) is 10.0 Å². The maximum atomic E-state index is 12.2. The van der Waals surface area contributed by atoms with Crippen LogP contribution in [0.5, 0.6) is 5.75 Å². The molecule has 0 spiro atoms. The molecule has 1 saturated heterocycles. The topological polar surface area (TPSA) is 75.7 Å². The number of halogens is 1. The molecule has 1 heterocycles. The van der Waals surface area contributed by atoms with E-state index in [1.807, 2.05) is 0 Å². The van der Waals surface area contributed by atoms with Crippen molar-refractivity contribution in [3.05, 3.63) is 29.3 Å². The van der Waals surface area contributed by atoms with Crippen molar-refractivity contribution < 1.29 is 17.9 Å². The molecular formula is C14H19ClN2O4S. The van der Waals surface area contributed by atoms with Crippen LogP contribution in [0.3, 0.4) is 0 Å². The minimum absolute atomic E-state index is 0.0913. The van der Waals surface area contributed by atoms with Crippen LogP contribution in [0.25, 0.3) is 0 Å². The van der Waals surface area contributed by atoms with Crippen LogP contribution in [-0.4, -0.2) is 51.2 Å². The van der Waals surface area contributed by atoms with Crippen molar-refractivity contribution in [2.75, 3.05) is 26.0 Å². The molecule has 0 aromatic heterocycles. The quantitative estimate of drug-likeness (QED) is 0.870. The summed E-state index contributed by atoms with van der Waals surface area (Å²) >= 11 is 5.85. The number of likely N-dealkylation sites (tertiary alicyclic amines) is 1. The van der Waals surface area contributed by atoms with Gasteiger partial charge in [0.25, 0.3) is 5.91 Å². The molecule has 1 aliphatic rings. The number of amides is 1. The number of nitrogens with zero attached hydrogens (tertiary/aromatic N) is 1. The lowest BCUT2D eigenvalue weighted by Gasteiger charge is -2.32. The lowest BCUT2D eigenvalue weighted by Crippen LogP contribution is -2.50. The normalized spacial score (nSPS) is 19.0. The number of carbonyl (C=O) groups is 1. The lowest BCUT2D eigenvalue weighted by atomic mass is 10.1. The van der Waals surface area contributed by atoms with E-state index in [1.165, 1.54) is 0 Å². The monoisotopic (exact) mass is 346 g/mol. The third-order valence-electron chi connectivity index (χ3n) is 3.31. The molecule has 1 fully saturated rings. The summed E-state index contributed by atoms with van der Waals surface area (Å²) in [4.78, 5) is 13.8. The molecule has 1 amide bonds. The Labute approximate surface area is 135 Å². The first-order valence-corrected chi connectivity index (χ1v) is 9.24. The van der Waals surface area contributed by atoms with Gasteiger partial charge in [-0.15, -0.1) is 0 Å². The Hall–Kier alpha value is -1.31. The van der Waals surface area contributed by atoms with Gasteiger partial charge in [0.1, 0.15) is 5.75 Å². The van der Waals surface area contributed by atoms with Crippen LogP contribution in [0, 0.1) is 0 Å². The molecule has 6 nitrogen and oxygen atoms in total. The van der Waals surface area contributed by atoms with Crippen LogP contribution in [0.15, 0.2) is 24.3 Å². The van der Waals surface area contributed by atoms with E-state index in [9.17, 15) is 13.2 Å². The van der Waals surface area contributed by atoms with E-state index in [4.69, 9.17) is 16.3 Å². The van der Waals surface area contributed by atoms with Gasteiger partial charge in [0, 0.05) is 24.2 Å². The number of nitrogens with one attached hydrogen (secondary N) is 1. The highest BCUT2D eigenvalue weighted by Gasteiger charge is 2.25. The molecule has 0 aliphatic carbocycles. The highest BCUT2D eigenvalue weighted by molar-refractivity contribution is 7.88. The summed E-state index contributed by atoms with van der Waals surface area (Å²) in [7, 11) is -3.27. The molecule has 0 radical (unpaired) electrons. The van der Waals surface area contributed by atoms with Crippen molar-refractivity contribution in [1.29, 1.82) is 0 Å². The Morgan fingerprint density at radius 2 is 2.27 bits per heavy atom. The molecule has 0 saturated carbocycles. The average Bonchev–Trinajstić information content (AvgIpc) is 2.43. The number of sulfonamides is 1. The summed E-state index contributed by atoms with van der Waals surface area (Å²) in [5, 5.41) is 0.542. The summed E-state index contributed by atoms with van der Waals surface area (Å²) < 4.78 is 30.5. The van der Waals surface area contributed by atoms with Gasteiger partial charge >= 0.3 is 0 Å². The molecule has 0 bridgehead atoms. The van der Waals surface area contributed by atoms with Crippen LogP contribution in [-0.2, 0) is 14.8 Å². The minimum atomic E-state index is -3.27. The fourth-order valence-corrected chi connectivity index (χ4v) is 3.37. The number of rotatable bonds is 5. The zero-order valence-corrected chi connectivity index (χ0v) is 13.9. The number of hydrogen-bond acceptors (Lipinski definition) is 4. The fraction of sp³-hybridized carbons (Fsp3) is 0.500. The van der Waals surface area contributed by atoms with E-state index in [-0.39, 0.29) is 18.6 Å². The zero-order chi connectivity index (χ0) is 16.2. The second-order valence-electron chi connectivity index (χ2n) is 5.31. The second kappa shape index (κ2) is 7.30. The number of hydrogen-bond donors (Lipinski definition) is 1. The van der Waals surface area contributed by atoms with Gasteiger partial charge in [-0.25, -0.2) is 13.1 Å². The molecule has 2 rings (SSSR count). The van der Waals surface area contributed by atoms with Gasteiger partial charge < -0.3 is 9.64 Å². The Bertz CT molecular complexity index is 635. The van der Waals surface area contributed by atoms with Gasteiger partial charge in [-0.3, -0.25) is 4.79 Å². The first kappa shape index (κ1) is 17.1. The van der Waals surface area contributed by atoms with Crippen LogP contribution in [0.2, 0.25) is 5.02 Å². The summed E-state index contributed by atoms with van der Waals surface area (Å²) in [5.74, 6) is 0.364. The van der Waals surface area contributed by atoms with E-state index in [0.717, 1.165) is 19.1 Å². The van der Waals surface area contributed by atoms with Crippen molar-refractivity contribution in [1.82, 2.24) is 9.62 Å². The van der Waals surface area contributed by atoms with Crippen LogP contribution >= 0.6 is 11.6 Å². The first-order chi connectivity index (χ1) is 10.3. The van der Waals surface area contributed by atoms with E-state index >= 15 is 0 Å². The van der Waals surface area contributed by atoms with E-state index in [1.54, 1.807) is 29.2 Å². The predicted molar refractivity (Wildman–Crippen MR) is 84.5 cm³/mol. The van der Waals surface area contributed by atoms with Gasteiger partial charge in [0.15, 0.2) is 6.61 Å². The maximum absolute atomic E-state index is 12.2. The van der Waals surface area contributed by atoms with Crippen LogP contribution in [0.4, 0.5) is 0 Å². The standard InChI is InChI=1S/C14H19ClN2O4S/c1-22(19,20)16-12-5-3-7-17(9-12)14(18)10-21-13-6-2-4-11(15)8-13/h2,4,6,8,12,16H,3,5,7,9-10H2,1H3. The molecule has 1 aliphatic heterocycles. The summed E-state index contributed by atoms with van der Waals surface area (Å²) in [6.07, 6.45) is 2.61. The van der Waals surface area contributed by atoms with Crippen molar-refractivity contribution >= 4 is 27.5 Å². The first-order valence-electron chi connectivity index (χ1n) is 6.97. The predicted octanol–water partition coefficient (Wildman–Crippen LogP) is 1.26. The zero-order valence-electron chi connectivity index (χ0n) is 12.3. The summed E-state index contributed by atoms with van der Waals surface area (Å²) in [5.41, 5.74) is 0. The van der Waals surface area contributed by atoms with Crippen molar-refractivity contribution in [3.8, 4) is 5.75 Å². The van der Waals surface area contributed by atoms with Crippen molar-refractivity contribution in [3.63, 3.8) is 0 Å². The number of carbonyl (C=O) groups excluding carboxylic acids is 1. The van der Waals surface area contributed by atoms with Crippen molar-refractivity contribution in [2.45, 2.75) is 18.9 Å². The third kappa shape index (κ3) is 5.47. The van der Waals surface area contributed by atoms with Gasteiger partial charge in [0.05, 0.1) is 6.26 Å². The van der Waals surface area contributed by atoms with Gasteiger partial charge in [-0.05, 0) is 31.0 Å². The number of benzene rings is 1. The lowest BCUT2D eigenvalue weighted by molar-refractivity contribution is -0.134. The molecule has 1 aromatic rings. The Kier molecular flexibility index (Phi) is 5.66. The Morgan fingerprint density at radius 1 is 1.50 bits per heavy atom. The van der Waals surface area contributed by atoms with Crippen LogP contribution < -0.4 is 9.46 Å². The molecule has 8 heteroatoms. The van der Waals surface area contributed by atoms with Gasteiger partial charge in [-0.2, -0.15) is 0 Å². The molecule has 1 aromatic carbocycles. The SMILES string of the molecule is CS(=O)(=O)NC1CCCN(C(=O)COc2cccc(Cl)c2)C1. The molecular weight excluding hydrogens is 328 g/mol. The average molecular weight is 347 g/mol. The smallest absolute Gasteiger partial charge is 0.260 e. The number of piperidine rings is 1. The summed E-state index contributed by atoms with van der Waals surface area (Å²) in [6.45, 7) is 0.885. The maximum Gasteiger partial charge on any atom is 0.260 e. The Morgan fingerprint density at radius 3 is 2.95 bits per heavy atom. The second-order valence-corrected chi connectivity index (χ2v) is 7.53. The van der Waals surface area contributed by atoms with Crippen molar-refractivity contribution in [2.24, 2.45) is 0 Å². The molecule has 1 atom stereocenters. The number of ether oxygens (including phenoxy) is 1. The fourth-order valence-electron chi connectivity index (χ4n) is 2.40. The van der Waals surface area contributed by atoms with E-state index in [0.29, 0.717) is 23.9 Å². The summed E-state index contributed by atoms with van der Waals surface area (Å²) in [6, 6.07) is 6.60. The van der Waals surface area contributed by atoms with E-state index in [2.05, 4.69) is 4.72 Å². The Balaban J connectivity index is 1.86.